The normalized spacial score (nSPS) is 13.2. The molecule has 0 fully saturated rings. The van der Waals surface area contributed by atoms with Gasteiger partial charge in [-0.25, -0.2) is 0 Å². The summed E-state index contributed by atoms with van der Waals surface area (Å²) in [7, 11) is 5.39. The molecular formula is C31H64O10. The minimum atomic E-state index is 0.0359. The first kappa shape index (κ1) is 40.6. The molecule has 2 unspecified atom stereocenters. The van der Waals surface area contributed by atoms with E-state index >= 15 is 0 Å². The van der Waals surface area contributed by atoms with E-state index in [0.29, 0.717) is 72.7 Å². The molecule has 0 radical (unpaired) electrons. The Balaban J connectivity index is 3.33. The molecule has 248 valence electrons. The summed E-state index contributed by atoms with van der Waals surface area (Å²) < 4.78 is 49.2. The predicted molar refractivity (Wildman–Crippen MR) is 161 cm³/mol. The van der Waals surface area contributed by atoms with Crippen molar-refractivity contribution in [1.82, 2.24) is 0 Å². The molecule has 0 aliphatic rings. The lowest BCUT2D eigenvalue weighted by molar-refractivity contribution is -0.0451. The summed E-state index contributed by atoms with van der Waals surface area (Å²) in [6.07, 6.45) is 14.6. The third kappa shape index (κ3) is 30.8. The molecule has 0 amide bonds. The summed E-state index contributed by atoms with van der Waals surface area (Å²) in [6, 6.07) is 0. The lowest BCUT2D eigenvalue weighted by Crippen LogP contribution is -2.30. The standard InChI is InChI=1S/C31H64O10/c1-33-17-12-9-7-11-15-31(35-3)30(34-2)14-10-6-4-5-8-13-18-36-20-22-38-24-26-40-28-29-41-27-25-39-23-21-37-19-16-32/h30-32H,4-29H2,1-3H3. The fraction of sp³-hybridized carbons (Fsp3) is 1.00. The summed E-state index contributed by atoms with van der Waals surface area (Å²) in [5, 5.41) is 8.58. The molecule has 1 N–H and O–H groups in total. The summed E-state index contributed by atoms with van der Waals surface area (Å²) in [5.74, 6) is 0. The highest BCUT2D eigenvalue weighted by Gasteiger charge is 2.20. The average molecular weight is 597 g/mol. The quantitative estimate of drug-likeness (QED) is 0.104. The summed E-state index contributed by atoms with van der Waals surface area (Å²) in [5.41, 5.74) is 0. The average Bonchev–Trinajstić information content (AvgIpc) is 2.99. The Morgan fingerprint density at radius 2 is 0.683 bits per heavy atom. The number of hydrogen-bond acceptors (Lipinski definition) is 10. The number of hydrogen-bond donors (Lipinski definition) is 1. The molecule has 2 atom stereocenters. The van der Waals surface area contributed by atoms with Crippen LogP contribution in [-0.4, -0.2) is 131 Å². The number of aliphatic hydroxyl groups excluding tert-OH is 1. The van der Waals surface area contributed by atoms with Gasteiger partial charge in [-0.3, -0.25) is 0 Å². The number of unbranched alkanes of at least 4 members (excludes halogenated alkanes) is 8. The van der Waals surface area contributed by atoms with Crippen molar-refractivity contribution in [3.05, 3.63) is 0 Å². The van der Waals surface area contributed by atoms with Crippen LogP contribution in [-0.2, 0) is 42.6 Å². The smallest absolute Gasteiger partial charge is 0.0832 e. The maximum absolute atomic E-state index is 8.58. The van der Waals surface area contributed by atoms with E-state index in [4.69, 9.17) is 47.7 Å². The van der Waals surface area contributed by atoms with Crippen molar-refractivity contribution in [2.24, 2.45) is 0 Å². The largest absolute Gasteiger partial charge is 0.394 e. The lowest BCUT2D eigenvalue weighted by atomic mass is 9.99. The highest BCUT2D eigenvalue weighted by Crippen LogP contribution is 2.18. The van der Waals surface area contributed by atoms with Crippen LogP contribution < -0.4 is 0 Å². The van der Waals surface area contributed by atoms with Gasteiger partial charge in [0, 0.05) is 34.5 Å². The Kier molecular flexibility index (Phi) is 35.4. The maximum atomic E-state index is 8.58. The van der Waals surface area contributed by atoms with Crippen LogP contribution in [0.2, 0.25) is 0 Å². The molecule has 0 aliphatic carbocycles. The van der Waals surface area contributed by atoms with E-state index < -0.39 is 0 Å². The van der Waals surface area contributed by atoms with Crippen LogP contribution in [0.15, 0.2) is 0 Å². The van der Waals surface area contributed by atoms with Crippen LogP contribution in [0.5, 0.6) is 0 Å². The monoisotopic (exact) mass is 596 g/mol. The van der Waals surface area contributed by atoms with Gasteiger partial charge in [0.25, 0.3) is 0 Å². The topological polar surface area (TPSA) is 103 Å². The van der Waals surface area contributed by atoms with Gasteiger partial charge < -0.3 is 47.7 Å². The van der Waals surface area contributed by atoms with Gasteiger partial charge in [0.2, 0.25) is 0 Å². The molecule has 0 aromatic rings. The van der Waals surface area contributed by atoms with Gasteiger partial charge in [-0.2, -0.15) is 0 Å². The van der Waals surface area contributed by atoms with Gasteiger partial charge in [0.15, 0.2) is 0 Å². The molecule has 0 spiro atoms. The lowest BCUT2D eigenvalue weighted by Gasteiger charge is -2.25. The molecule has 0 aromatic heterocycles. The molecule has 0 heterocycles. The van der Waals surface area contributed by atoms with Crippen LogP contribution in [0.3, 0.4) is 0 Å². The molecule has 0 rings (SSSR count). The van der Waals surface area contributed by atoms with Gasteiger partial charge in [0.05, 0.1) is 91.5 Å². The van der Waals surface area contributed by atoms with E-state index in [9.17, 15) is 0 Å². The Bertz CT molecular complexity index is 472. The molecule has 41 heavy (non-hydrogen) atoms. The van der Waals surface area contributed by atoms with Crippen LogP contribution in [0.1, 0.15) is 77.0 Å². The minimum absolute atomic E-state index is 0.0359. The highest BCUT2D eigenvalue weighted by atomic mass is 16.6. The molecule has 0 saturated heterocycles. The van der Waals surface area contributed by atoms with Crippen molar-refractivity contribution in [2.75, 3.05) is 114 Å². The van der Waals surface area contributed by atoms with Crippen molar-refractivity contribution >= 4 is 0 Å². The zero-order valence-electron chi connectivity index (χ0n) is 26.7. The van der Waals surface area contributed by atoms with Crippen molar-refractivity contribution in [3.63, 3.8) is 0 Å². The first-order valence-corrected chi connectivity index (χ1v) is 15.9. The second-order valence-corrected chi connectivity index (χ2v) is 10.1. The third-order valence-corrected chi connectivity index (χ3v) is 6.73. The minimum Gasteiger partial charge on any atom is -0.394 e. The van der Waals surface area contributed by atoms with E-state index in [-0.39, 0.29) is 18.8 Å². The second-order valence-electron chi connectivity index (χ2n) is 10.1. The van der Waals surface area contributed by atoms with Gasteiger partial charge in [0.1, 0.15) is 0 Å². The summed E-state index contributed by atoms with van der Waals surface area (Å²) in [4.78, 5) is 0. The number of rotatable bonds is 36. The van der Waals surface area contributed by atoms with Crippen LogP contribution >= 0.6 is 0 Å². The van der Waals surface area contributed by atoms with Crippen molar-refractivity contribution < 1.29 is 47.7 Å². The van der Waals surface area contributed by atoms with Crippen molar-refractivity contribution in [3.8, 4) is 0 Å². The maximum Gasteiger partial charge on any atom is 0.0832 e. The van der Waals surface area contributed by atoms with Crippen LogP contribution in [0.25, 0.3) is 0 Å². The summed E-state index contributed by atoms with van der Waals surface area (Å²) >= 11 is 0. The van der Waals surface area contributed by atoms with E-state index in [1.165, 1.54) is 51.4 Å². The van der Waals surface area contributed by atoms with E-state index in [0.717, 1.165) is 38.9 Å². The second kappa shape index (κ2) is 35.8. The molecule has 0 bridgehead atoms. The van der Waals surface area contributed by atoms with Gasteiger partial charge >= 0.3 is 0 Å². The van der Waals surface area contributed by atoms with E-state index in [1.54, 1.807) is 7.11 Å². The highest BCUT2D eigenvalue weighted by molar-refractivity contribution is 4.71. The van der Waals surface area contributed by atoms with E-state index in [1.807, 2.05) is 14.2 Å². The van der Waals surface area contributed by atoms with Crippen molar-refractivity contribution in [2.45, 2.75) is 89.3 Å². The Morgan fingerprint density at radius 3 is 1.05 bits per heavy atom. The van der Waals surface area contributed by atoms with Crippen molar-refractivity contribution in [1.29, 1.82) is 0 Å². The zero-order valence-corrected chi connectivity index (χ0v) is 26.7. The molecular weight excluding hydrogens is 532 g/mol. The Morgan fingerprint density at radius 1 is 0.366 bits per heavy atom. The van der Waals surface area contributed by atoms with Gasteiger partial charge in [-0.05, 0) is 25.7 Å². The number of methoxy groups -OCH3 is 3. The van der Waals surface area contributed by atoms with Crippen LogP contribution in [0.4, 0.5) is 0 Å². The van der Waals surface area contributed by atoms with Crippen LogP contribution in [0, 0.1) is 0 Å². The van der Waals surface area contributed by atoms with Gasteiger partial charge in [-0.15, -0.1) is 0 Å². The van der Waals surface area contributed by atoms with E-state index in [2.05, 4.69) is 0 Å². The fourth-order valence-corrected chi connectivity index (χ4v) is 4.38. The Hall–Kier alpha value is -0.400. The molecule has 0 aliphatic heterocycles. The first-order valence-electron chi connectivity index (χ1n) is 15.9. The number of aliphatic hydroxyl groups is 1. The molecule has 10 heteroatoms. The predicted octanol–water partition coefficient (Wildman–Crippen LogP) is 4.44. The zero-order chi connectivity index (χ0) is 29.9. The first-order chi connectivity index (χ1) is 20.3. The van der Waals surface area contributed by atoms with Gasteiger partial charge in [-0.1, -0.05) is 51.4 Å². The number of ether oxygens (including phenoxy) is 9. The third-order valence-electron chi connectivity index (χ3n) is 6.73. The Labute approximate surface area is 251 Å². The molecule has 0 saturated carbocycles. The SMILES string of the molecule is COCCCCCCC(OC)C(CCCCCCCCOCCOCCOCCOCCOCCOCCO)OC. The fourth-order valence-electron chi connectivity index (χ4n) is 4.38. The molecule has 10 nitrogen and oxygen atoms in total. The molecule has 0 aromatic carbocycles. The summed E-state index contributed by atoms with van der Waals surface area (Å²) in [6.45, 7) is 7.47.